The van der Waals surface area contributed by atoms with Crippen LogP contribution in [0.25, 0.3) is 0 Å². The van der Waals surface area contributed by atoms with E-state index in [2.05, 4.69) is 10.6 Å². The molecular formula is C23H28Cl2N2O2. The summed E-state index contributed by atoms with van der Waals surface area (Å²) in [5.74, 6) is 0.0905. The maximum atomic E-state index is 11.9. The predicted molar refractivity (Wildman–Crippen MR) is 119 cm³/mol. The van der Waals surface area contributed by atoms with E-state index >= 15 is 0 Å². The fraction of sp³-hybridized carbons (Fsp3) is 0.391. The number of amides is 2. The molecule has 0 unspecified atom stereocenters. The third-order valence-electron chi connectivity index (χ3n) is 4.68. The van der Waals surface area contributed by atoms with Crippen molar-refractivity contribution in [1.82, 2.24) is 10.6 Å². The molecule has 0 atom stereocenters. The standard InChI is InChI=1S/C23H28Cl2N2O2/c24-20-12-8-6-10-18(20)16-26-22(28)14-4-2-1-3-5-15-23(29)27-17-19-11-7-9-13-21(19)25/h6-13H,1-5,14-17H2,(H,26,28)(H,27,29). The van der Waals surface area contributed by atoms with Gasteiger partial charge in [-0.05, 0) is 36.1 Å². The van der Waals surface area contributed by atoms with Gasteiger partial charge in [-0.15, -0.1) is 0 Å². The van der Waals surface area contributed by atoms with E-state index in [-0.39, 0.29) is 11.8 Å². The van der Waals surface area contributed by atoms with Crippen molar-refractivity contribution >= 4 is 35.0 Å². The molecule has 0 spiro atoms. The fourth-order valence-electron chi connectivity index (χ4n) is 2.95. The largest absolute Gasteiger partial charge is 0.352 e. The van der Waals surface area contributed by atoms with Crippen LogP contribution in [0, 0.1) is 0 Å². The van der Waals surface area contributed by atoms with Gasteiger partial charge in [0.25, 0.3) is 0 Å². The molecule has 0 aliphatic rings. The average molecular weight is 435 g/mol. The number of hydrogen-bond donors (Lipinski definition) is 2. The molecule has 2 rings (SSSR count). The molecule has 0 aliphatic heterocycles. The van der Waals surface area contributed by atoms with Crippen LogP contribution in [-0.4, -0.2) is 11.8 Å². The van der Waals surface area contributed by atoms with E-state index in [9.17, 15) is 9.59 Å². The third-order valence-corrected chi connectivity index (χ3v) is 5.41. The second kappa shape index (κ2) is 13.2. The first-order valence-electron chi connectivity index (χ1n) is 10.1. The van der Waals surface area contributed by atoms with Crippen LogP contribution < -0.4 is 10.6 Å². The molecule has 0 bridgehead atoms. The molecular weight excluding hydrogens is 407 g/mol. The number of carbonyl (C=O) groups is 2. The van der Waals surface area contributed by atoms with E-state index in [1.165, 1.54) is 0 Å². The van der Waals surface area contributed by atoms with Crippen LogP contribution in [0.1, 0.15) is 56.1 Å². The molecule has 2 aromatic carbocycles. The molecule has 0 radical (unpaired) electrons. The third kappa shape index (κ3) is 9.33. The number of halogens is 2. The van der Waals surface area contributed by atoms with Crippen molar-refractivity contribution in [1.29, 1.82) is 0 Å². The van der Waals surface area contributed by atoms with Crippen molar-refractivity contribution in [2.24, 2.45) is 0 Å². The van der Waals surface area contributed by atoms with Crippen LogP contribution in [0.4, 0.5) is 0 Å². The molecule has 2 N–H and O–H groups in total. The number of rotatable bonds is 12. The van der Waals surface area contributed by atoms with Crippen LogP contribution in [0.3, 0.4) is 0 Å². The molecule has 2 aromatic rings. The molecule has 0 fully saturated rings. The van der Waals surface area contributed by atoms with Gasteiger partial charge in [0, 0.05) is 36.0 Å². The summed E-state index contributed by atoms with van der Waals surface area (Å²) in [6.07, 6.45) is 5.74. The maximum absolute atomic E-state index is 11.9. The molecule has 2 amide bonds. The zero-order chi connectivity index (χ0) is 20.9. The molecule has 156 valence electrons. The van der Waals surface area contributed by atoms with Crippen molar-refractivity contribution in [2.45, 2.75) is 58.0 Å². The van der Waals surface area contributed by atoms with Crippen molar-refractivity contribution in [3.8, 4) is 0 Å². The predicted octanol–water partition coefficient (Wildman–Crippen LogP) is 5.66. The Morgan fingerprint density at radius 3 is 1.41 bits per heavy atom. The van der Waals surface area contributed by atoms with Gasteiger partial charge in [0.15, 0.2) is 0 Å². The second-order valence-corrected chi connectivity index (χ2v) is 7.82. The number of hydrogen-bond acceptors (Lipinski definition) is 2. The van der Waals surface area contributed by atoms with Crippen molar-refractivity contribution < 1.29 is 9.59 Å². The van der Waals surface area contributed by atoms with Crippen molar-refractivity contribution in [3.63, 3.8) is 0 Å². The van der Waals surface area contributed by atoms with Gasteiger partial charge in [0.2, 0.25) is 11.8 Å². The Hall–Kier alpha value is -2.04. The Morgan fingerprint density at radius 2 is 1.00 bits per heavy atom. The van der Waals surface area contributed by atoms with Gasteiger partial charge < -0.3 is 10.6 Å². The lowest BCUT2D eigenvalue weighted by molar-refractivity contribution is -0.122. The second-order valence-electron chi connectivity index (χ2n) is 7.00. The first-order valence-corrected chi connectivity index (χ1v) is 10.8. The first kappa shape index (κ1) is 23.2. The molecule has 0 aromatic heterocycles. The number of unbranched alkanes of at least 4 members (excludes halogenated alkanes) is 4. The zero-order valence-electron chi connectivity index (χ0n) is 16.6. The molecule has 0 saturated heterocycles. The normalized spacial score (nSPS) is 10.6. The summed E-state index contributed by atoms with van der Waals surface area (Å²) in [4.78, 5) is 23.8. The molecule has 0 saturated carbocycles. The molecule has 4 nitrogen and oxygen atoms in total. The lowest BCUT2D eigenvalue weighted by atomic mass is 10.1. The number of benzene rings is 2. The van der Waals surface area contributed by atoms with Gasteiger partial charge >= 0.3 is 0 Å². The van der Waals surface area contributed by atoms with E-state index < -0.39 is 0 Å². The lowest BCUT2D eigenvalue weighted by Gasteiger charge is -2.07. The van der Waals surface area contributed by atoms with Crippen LogP contribution >= 0.6 is 23.2 Å². The monoisotopic (exact) mass is 434 g/mol. The highest BCUT2D eigenvalue weighted by Gasteiger charge is 2.05. The smallest absolute Gasteiger partial charge is 0.220 e. The summed E-state index contributed by atoms with van der Waals surface area (Å²) < 4.78 is 0. The minimum absolute atomic E-state index is 0.0453. The topological polar surface area (TPSA) is 58.2 Å². The zero-order valence-corrected chi connectivity index (χ0v) is 18.1. The molecule has 0 aliphatic carbocycles. The summed E-state index contributed by atoms with van der Waals surface area (Å²) in [5.41, 5.74) is 1.85. The van der Waals surface area contributed by atoms with Crippen LogP contribution in [0.5, 0.6) is 0 Å². The van der Waals surface area contributed by atoms with Crippen LogP contribution in [-0.2, 0) is 22.7 Å². The van der Waals surface area contributed by atoms with Gasteiger partial charge in [-0.3, -0.25) is 9.59 Å². The molecule has 0 heterocycles. The van der Waals surface area contributed by atoms with Gasteiger partial charge in [0.05, 0.1) is 0 Å². The summed E-state index contributed by atoms with van der Waals surface area (Å²) in [6, 6.07) is 15.0. The van der Waals surface area contributed by atoms with E-state index in [1.54, 1.807) is 0 Å². The summed E-state index contributed by atoms with van der Waals surface area (Å²) in [5, 5.41) is 7.15. The lowest BCUT2D eigenvalue weighted by Crippen LogP contribution is -2.22. The number of carbonyl (C=O) groups excluding carboxylic acids is 2. The van der Waals surface area contributed by atoms with Gasteiger partial charge in [-0.25, -0.2) is 0 Å². The Bertz CT molecular complexity index is 730. The summed E-state index contributed by atoms with van der Waals surface area (Å²) in [6.45, 7) is 0.920. The summed E-state index contributed by atoms with van der Waals surface area (Å²) in [7, 11) is 0. The Kier molecular flexibility index (Phi) is 10.6. The van der Waals surface area contributed by atoms with E-state index in [0.717, 1.165) is 43.2 Å². The minimum atomic E-state index is 0.0453. The van der Waals surface area contributed by atoms with Gasteiger partial charge in [-0.2, -0.15) is 0 Å². The summed E-state index contributed by atoms with van der Waals surface area (Å²) >= 11 is 12.2. The molecule has 6 heteroatoms. The Morgan fingerprint density at radius 1 is 0.621 bits per heavy atom. The van der Waals surface area contributed by atoms with E-state index in [0.29, 0.717) is 36.0 Å². The highest BCUT2D eigenvalue weighted by molar-refractivity contribution is 6.31. The maximum Gasteiger partial charge on any atom is 0.220 e. The van der Waals surface area contributed by atoms with Gasteiger partial charge in [0.1, 0.15) is 0 Å². The van der Waals surface area contributed by atoms with Crippen molar-refractivity contribution in [2.75, 3.05) is 0 Å². The van der Waals surface area contributed by atoms with Crippen molar-refractivity contribution in [3.05, 3.63) is 69.7 Å². The SMILES string of the molecule is O=C(CCCCCCCC(=O)NCc1ccccc1Cl)NCc1ccccc1Cl. The van der Waals surface area contributed by atoms with E-state index in [1.807, 2.05) is 48.5 Å². The average Bonchev–Trinajstić information content (AvgIpc) is 2.72. The fourth-order valence-corrected chi connectivity index (χ4v) is 3.35. The highest BCUT2D eigenvalue weighted by Crippen LogP contribution is 2.15. The van der Waals surface area contributed by atoms with Crippen LogP contribution in [0.2, 0.25) is 10.0 Å². The first-order chi connectivity index (χ1) is 14.1. The van der Waals surface area contributed by atoms with Crippen LogP contribution in [0.15, 0.2) is 48.5 Å². The molecule has 29 heavy (non-hydrogen) atoms. The highest BCUT2D eigenvalue weighted by atomic mass is 35.5. The Labute approximate surface area is 183 Å². The van der Waals surface area contributed by atoms with E-state index in [4.69, 9.17) is 23.2 Å². The van der Waals surface area contributed by atoms with Gasteiger partial charge in [-0.1, -0.05) is 78.9 Å². The quantitative estimate of drug-likeness (QED) is 0.423. The Balaban J connectivity index is 1.46. The minimum Gasteiger partial charge on any atom is -0.352 e. The number of nitrogens with one attached hydrogen (secondary N) is 2.